The van der Waals surface area contributed by atoms with Crippen molar-refractivity contribution in [3.05, 3.63) is 48.3 Å². The van der Waals surface area contributed by atoms with Crippen LogP contribution in [-0.2, 0) is 16.0 Å². The van der Waals surface area contributed by atoms with Gasteiger partial charge in [-0.25, -0.2) is 22.9 Å². The fourth-order valence-electron chi connectivity index (χ4n) is 2.65. The van der Waals surface area contributed by atoms with Crippen LogP contribution in [0, 0.1) is 0 Å². The van der Waals surface area contributed by atoms with Gasteiger partial charge in [-0.1, -0.05) is 23.5 Å². The number of rotatable bonds is 3. The molecule has 0 fully saturated rings. The second kappa shape index (κ2) is 6.52. The van der Waals surface area contributed by atoms with Gasteiger partial charge >= 0.3 is 6.18 Å². The number of anilines is 1. The number of hydrogen-bond acceptors (Lipinski definition) is 7. The van der Waals surface area contributed by atoms with E-state index in [1.165, 1.54) is 22.8 Å². The van der Waals surface area contributed by atoms with Crippen LogP contribution >= 0.6 is 11.3 Å². The molecular weight excluding hydrogens is 427 g/mol. The molecule has 0 bridgehead atoms. The highest BCUT2D eigenvalue weighted by molar-refractivity contribution is 7.90. The van der Waals surface area contributed by atoms with Gasteiger partial charge in [0.1, 0.15) is 10.8 Å². The van der Waals surface area contributed by atoms with Crippen molar-refractivity contribution < 1.29 is 21.6 Å². The molecule has 12 heteroatoms. The van der Waals surface area contributed by atoms with E-state index in [1.54, 1.807) is 18.3 Å². The van der Waals surface area contributed by atoms with Gasteiger partial charge in [0, 0.05) is 23.6 Å². The van der Waals surface area contributed by atoms with E-state index in [2.05, 4.69) is 15.1 Å². The minimum absolute atomic E-state index is 0.182. The summed E-state index contributed by atoms with van der Waals surface area (Å²) in [6, 6.07) is 7.13. The minimum atomic E-state index is -4.62. The van der Waals surface area contributed by atoms with Crippen molar-refractivity contribution in [2.75, 3.05) is 12.0 Å². The lowest BCUT2D eigenvalue weighted by atomic mass is 10.2. The molecule has 0 spiro atoms. The highest BCUT2D eigenvalue weighted by Gasteiger charge is 2.34. The van der Waals surface area contributed by atoms with Crippen LogP contribution in [0.2, 0.25) is 0 Å². The first-order valence-corrected chi connectivity index (χ1v) is 10.7. The number of alkyl halides is 3. The molecule has 0 aliphatic heterocycles. The molecule has 2 N–H and O–H groups in total. The molecule has 0 radical (unpaired) electrons. The summed E-state index contributed by atoms with van der Waals surface area (Å²) in [5.41, 5.74) is 5.73. The van der Waals surface area contributed by atoms with E-state index in [4.69, 9.17) is 5.73 Å². The number of benzene rings is 1. The molecule has 0 amide bonds. The third-order valence-electron chi connectivity index (χ3n) is 4.09. The highest BCUT2D eigenvalue weighted by atomic mass is 32.2. The standard InChI is InChI=1S/C17H12F3N5O2S2/c1-29(26,27)11-4-2-9(3-5-11)13-8-25-16(23-13)28-15(24-25)10-6-12(17(18,19)20)14(21)22-7-10/h2-8H,1H3,(H2,21,22). The van der Waals surface area contributed by atoms with Gasteiger partial charge in [-0.15, -0.1) is 0 Å². The summed E-state index contributed by atoms with van der Waals surface area (Å²) in [7, 11) is -3.30. The summed E-state index contributed by atoms with van der Waals surface area (Å²) in [5.74, 6) is -0.595. The SMILES string of the molecule is CS(=O)(=O)c1ccc(-c2cn3nc(-c4cnc(N)c(C(F)(F)F)c4)sc3n2)cc1. The Morgan fingerprint density at radius 2 is 1.83 bits per heavy atom. The Bertz CT molecular complexity index is 1290. The van der Waals surface area contributed by atoms with Gasteiger partial charge in [0.25, 0.3) is 0 Å². The zero-order chi connectivity index (χ0) is 21.0. The second-order valence-electron chi connectivity index (χ2n) is 6.21. The molecular formula is C17H12F3N5O2S2. The van der Waals surface area contributed by atoms with Gasteiger partial charge in [-0.2, -0.15) is 18.3 Å². The molecule has 3 heterocycles. The smallest absolute Gasteiger partial charge is 0.383 e. The van der Waals surface area contributed by atoms with Crippen LogP contribution in [0.15, 0.2) is 47.6 Å². The summed E-state index contributed by atoms with van der Waals surface area (Å²) >= 11 is 1.10. The molecule has 3 aromatic heterocycles. The Balaban J connectivity index is 1.69. The lowest BCUT2D eigenvalue weighted by Crippen LogP contribution is -2.10. The Labute approximate surface area is 166 Å². The Morgan fingerprint density at radius 3 is 2.41 bits per heavy atom. The number of hydrogen-bond donors (Lipinski definition) is 1. The molecule has 29 heavy (non-hydrogen) atoms. The first-order valence-electron chi connectivity index (χ1n) is 8.02. The third kappa shape index (κ3) is 3.68. The van der Waals surface area contributed by atoms with E-state index in [1.807, 2.05) is 0 Å². The van der Waals surface area contributed by atoms with Crippen molar-refractivity contribution in [3.8, 4) is 21.8 Å². The van der Waals surface area contributed by atoms with Crippen LogP contribution in [0.3, 0.4) is 0 Å². The second-order valence-corrected chi connectivity index (χ2v) is 9.18. The predicted molar refractivity (Wildman–Crippen MR) is 102 cm³/mol. The lowest BCUT2D eigenvalue weighted by molar-refractivity contribution is -0.137. The van der Waals surface area contributed by atoms with Crippen molar-refractivity contribution in [3.63, 3.8) is 0 Å². The summed E-state index contributed by atoms with van der Waals surface area (Å²) < 4.78 is 63.7. The quantitative estimate of drug-likeness (QED) is 0.524. The molecule has 0 unspecified atom stereocenters. The van der Waals surface area contributed by atoms with Crippen LogP contribution in [0.4, 0.5) is 19.0 Å². The molecule has 0 saturated carbocycles. The largest absolute Gasteiger partial charge is 0.419 e. The maximum Gasteiger partial charge on any atom is 0.419 e. The number of nitrogen functional groups attached to an aromatic ring is 1. The van der Waals surface area contributed by atoms with E-state index in [0.717, 1.165) is 23.7 Å². The van der Waals surface area contributed by atoms with E-state index in [-0.39, 0.29) is 10.5 Å². The van der Waals surface area contributed by atoms with Crippen molar-refractivity contribution in [2.24, 2.45) is 0 Å². The van der Waals surface area contributed by atoms with E-state index in [0.29, 0.717) is 21.2 Å². The molecule has 4 aromatic rings. The molecule has 0 atom stereocenters. The average molecular weight is 439 g/mol. The van der Waals surface area contributed by atoms with Gasteiger partial charge < -0.3 is 5.73 Å². The maximum absolute atomic E-state index is 13.0. The number of fused-ring (bicyclic) bond motifs is 1. The van der Waals surface area contributed by atoms with Crippen LogP contribution in [0.1, 0.15) is 5.56 Å². The zero-order valence-corrected chi connectivity index (χ0v) is 16.3. The van der Waals surface area contributed by atoms with Crippen LogP contribution in [0.25, 0.3) is 26.8 Å². The van der Waals surface area contributed by atoms with Gasteiger partial charge in [-0.05, 0) is 18.2 Å². The fraction of sp³-hybridized carbons (Fsp3) is 0.118. The number of pyridine rings is 1. The van der Waals surface area contributed by atoms with Crippen LogP contribution in [-0.4, -0.2) is 34.3 Å². The number of nitrogens with two attached hydrogens (primary N) is 1. The summed E-state index contributed by atoms with van der Waals surface area (Å²) in [6.45, 7) is 0. The molecule has 7 nitrogen and oxygen atoms in total. The zero-order valence-electron chi connectivity index (χ0n) is 14.7. The number of halogens is 3. The lowest BCUT2D eigenvalue weighted by Gasteiger charge is -2.09. The molecule has 4 rings (SSSR count). The first kappa shape index (κ1) is 19.3. The van der Waals surface area contributed by atoms with Crippen molar-refractivity contribution >= 4 is 32.0 Å². The van der Waals surface area contributed by atoms with Crippen molar-refractivity contribution in [1.82, 2.24) is 19.6 Å². The minimum Gasteiger partial charge on any atom is -0.383 e. The van der Waals surface area contributed by atoms with Gasteiger partial charge in [0.2, 0.25) is 4.96 Å². The average Bonchev–Trinajstić information content (AvgIpc) is 3.19. The van der Waals surface area contributed by atoms with Crippen LogP contribution < -0.4 is 5.73 Å². The summed E-state index contributed by atoms with van der Waals surface area (Å²) in [4.78, 5) is 8.69. The fourth-order valence-corrected chi connectivity index (χ4v) is 4.14. The number of nitrogens with zero attached hydrogens (tertiary/aromatic N) is 4. The third-order valence-corrected chi connectivity index (χ3v) is 6.19. The van der Waals surface area contributed by atoms with Crippen LogP contribution in [0.5, 0.6) is 0 Å². The molecule has 0 aliphatic rings. The first-order chi connectivity index (χ1) is 13.5. The molecule has 1 aromatic carbocycles. The summed E-state index contributed by atoms with van der Waals surface area (Å²) in [5, 5.41) is 4.58. The van der Waals surface area contributed by atoms with Crippen molar-refractivity contribution in [1.29, 1.82) is 0 Å². The Morgan fingerprint density at radius 1 is 1.14 bits per heavy atom. The van der Waals surface area contributed by atoms with Crippen molar-refractivity contribution in [2.45, 2.75) is 11.1 Å². The normalized spacial score (nSPS) is 12.6. The van der Waals surface area contributed by atoms with E-state index in [9.17, 15) is 21.6 Å². The predicted octanol–water partition coefficient (Wildman–Crippen LogP) is 3.52. The highest BCUT2D eigenvalue weighted by Crippen LogP contribution is 2.36. The van der Waals surface area contributed by atoms with E-state index >= 15 is 0 Å². The Kier molecular flexibility index (Phi) is 4.35. The number of sulfone groups is 1. The van der Waals surface area contributed by atoms with Gasteiger partial charge in [0.15, 0.2) is 9.84 Å². The number of imidazole rings is 1. The molecule has 150 valence electrons. The maximum atomic E-state index is 13.0. The molecule has 0 aliphatic carbocycles. The van der Waals surface area contributed by atoms with Gasteiger partial charge in [0.05, 0.1) is 22.3 Å². The monoisotopic (exact) mass is 439 g/mol. The van der Waals surface area contributed by atoms with E-state index < -0.39 is 27.4 Å². The topological polar surface area (TPSA) is 103 Å². The molecule has 0 saturated heterocycles. The number of aromatic nitrogens is 4. The van der Waals surface area contributed by atoms with Gasteiger partial charge in [-0.3, -0.25) is 0 Å². The Hall–Kier alpha value is -2.99. The summed E-state index contributed by atoms with van der Waals surface area (Å²) in [6.07, 6.45) is -0.653.